The number of hydrogen-bond donors (Lipinski definition) is 2. The fraction of sp³-hybridized carbons (Fsp3) is 0.250. The smallest absolute Gasteiger partial charge is 0.383 e. The van der Waals surface area contributed by atoms with Gasteiger partial charge in [0.15, 0.2) is 0 Å². The Morgan fingerprint density at radius 3 is 2.38 bits per heavy atom. The fourth-order valence-corrected chi connectivity index (χ4v) is 2.36. The number of rotatable bonds is 5. The molecule has 4 N–H and O–H groups in total. The number of nitrogens with zero attached hydrogens (tertiary/aromatic N) is 2. The first-order valence-electron chi connectivity index (χ1n) is 6.70. The number of nitrogens with two attached hydrogens (primary N) is 2. The molecule has 2 rings (SSSR count). The van der Waals surface area contributed by atoms with Gasteiger partial charge in [0.1, 0.15) is 5.82 Å². The maximum atomic E-state index is 5.91. The third-order valence-corrected chi connectivity index (χ3v) is 3.36. The van der Waals surface area contributed by atoms with Gasteiger partial charge in [-0.1, -0.05) is 30.2 Å². The summed E-state index contributed by atoms with van der Waals surface area (Å²) in [6, 6.07) is 6.28. The van der Waals surface area contributed by atoms with Gasteiger partial charge in [0.05, 0.1) is 0 Å². The Bertz CT molecular complexity index is 599. The van der Waals surface area contributed by atoms with Gasteiger partial charge >= 0.3 is 51.4 Å². The molecule has 1 aromatic carbocycles. The van der Waals surface area contributed by atoms with E-state index in [1.54, 1.807) is 6.20 Å². The summed E-state index contributed by atoms with van der Waals surface area (Å²) in [6.07, 6.45) is 4.98. The molecule has 0 spiro atoms. The molecule has 0 saturated carbocycles. The molecule has 0 atom stereocenters. The molecule has 0 aliphatic carbocycles. The van der Waals surface area contributed by atoms with Gasteiger partial charge in [0, 0.05) is 18.2 Å². The molecule has 0 aliphatic heterocycles. The summed E-state index contributed by atoms with van der Waals surface area (Å²) < 4.78 is 0. The summed E-state index contributed by atoms with van der Waals surface area (Å²) in [4.78, 5) is 8.02. The van der Waals surface area contributed by atoms with Gasteiger partial charge in [-0.25, -0.2) is 4.98 Å². The first-order chi connectivity index (χ1) is 9.65. The molecule has 4 nitrogen and oxygen atoms in total. The van der Waals surface area contributed by atoms with Crippen molar-refractivity contribution in [1.29, 1.82) is 0 Å². The van der Waals surface area contributed by atoms with Crippen molar-refractivity contribution in [3.8, 4) is 0 Å². The summed E-state index contributed by atoms with van der Waals surface area (Å²) >= 11 is 0. The van der Waals surface area contributed by atoms with Gasteiger partial charge in [0.25, 0.3) is 0 Å². The topological polar surface area (TPSA) is 77.8 Å². The number of benzene rings is 1. The minimum absolute atomic E-state index is 0. The first-order valence-corrected chi connectivity index (χ1v) is 6.70. The second-order valence-corrected chi connectivity index (χ2v) is 4.72. The Kier molecular flexibility index (Phi) is 7.83. The van der Waals surface area contributed by atoms with Crippen LogP contribution in [0.1, 0.15) is 28.7 Å². The Morgan fingerprint density at radius 2 is 1.76 bits per heavy atom. The molecule has 0 amide bonds. The van der Waals surface area contributed by atoms with Crippen LogP contribution in [0.5, 0.6) is 0 Å². The van der Waals surface area contributed by atoms with Crippen molar-refractivity contribution in [2.24, 2.45) is 0 Å². The number of nitrogen functional groups attached to an aromatic ring is 2. The van der Waals surface area contributed by atoms with E-state index in [0.29, 0.717) is 12.2 Å². The molecular formula is C16H20KN4-. The zero-order chi connectivity index (χ0) is 14.5. The molecule has 1 heterocycles. The van der Waals surface area contributed by atoms with E-state index in [9.17, 15) is 0 Å². The molecule has 106 valence electrons. The molecule has 2 aromatic rings. The van der Waals surface area contributed by atoms with Crippen molar-refractivity contribution in [2.75, 3.05) is 11.5 Å². The van der Waals surface area contributed by atoms with Gasteiger partial charge in [0.2, 0.25) is 5.95 Å². The number of hydrogen-bond acceptors (Lipinski definition) is 4. The average molecular weight is 307 g/mol. The molecule has 0 unspecified atom stereocenters. The van der Waals surface area contributed by atoms with Crippen molar-refractivity contribution in [2.45, 2.75) is 25.7 Å². The largest absolute Gasteiger partial charge is 1.00 e. The molecule has 0 fully saturated rings. The zero-order valence-corrected chi connectivity index (χ0v) is 15.7. The summed E-state index contributed by atoms with van der Waals surface area (Å²) in [6.45, 7) is 7.94. The normalized spacial score (nSPS) is 10.2. The van der Waals surface area contributed by atoms with Crippen molar-refractivity contribution >= 4 is 11.8 Å². The van der Waals surface area contributed by atoms with Crippen molar-refractivity contribution < 1.29 is 51.4 Å². The van der Waals surface area contributed by atoms with Crippen LogP contribution in [0.2, 0.25) is 0 Å². The fourth-order valence-electron chi connectivity index (χ4n) is 2.36. The molecule has 0 radical (unpaired) electrons. The zero-order valence-electron chi connectivity index (χ0n) is 12.6. The van der Waals surface area contributed by atoms with E-state index in [1.165, 1.54) is 16.7 Å². The second kappa shape index (κ2) is 8.85. The quantitative estimate of drug-likeness (QED) is 0.570. The molecule has 1 aromatic heterocycles. The van der Waals surface area contributed by atoms with Crippen molar-refractivity contribution in [3.63, 3.8) is 0 Å². The first kappa shape index (κ1) is 18.6. The minimum Gasteiger partial charge on any atom is -0.383 e. The summed E-state index contributed by atoms with van der Waals surface area (Å²) in [7, 11) is 0. The van der Waals surface area contributed by atoms with Gasteiger partial charge in [-0.15, -0.1) is 0 Å². The molecule has 21 heavy (non-hydrogen) atoms. The Balaban J connectivity index is 0.00000220. The SMILES string of the molecule is [CH2-]CCc1c(C[CH2-])cccc1Cc1cnc(N)nc1N.[K+]. The van der Waals surface area contributed by atoms with Crippen LogP contribution in [0.3, 0.4) is 0 Å². The standard InChI is InChI=1S/C16H20N4.K/c1-3-6-14-11(4-2)7-5-8-12(14)9-13-10-19-16(18)20-15(13)17;/h5,7-8,10H,1-4,6,9H2,(H4,17,18,19,20);/q-2;+1. The van der Waals surface area contributed by atoms with Crippen LogP contribution in [0.15, 0.2) is 24.4 Å². The average Bonchev–Trinajstić information content (AvgIpc) is 2.43. The van der Waals surface area contributed by atoms with Crippen molar-refractivity contribution in [1.82, 2.24) is 9.97 Å². The maximum Gasteiger partial charge on any atom is 1.00 e. The van der Waals surface area contributed by atoms with Crippen LogP contribution in [-0.4, -0.2) is 9.97 Å². The van der Waals surface area contributed by atoms with E-state index >= 15 is 0 Å². The number of anilines is 2. The van der Waals surface area contributed by atoms with Crippen LogP contribution < -0.4 is 62.9 Å². The minimum atomic E-state index is 0. The van der Waals surface area contributed by atoms with E-state index in [-0.39, 0.29) is 57.3 Å². The van der Waals surface area contributed by atoms with Gasteiger partial charge in [-0.3, -0.25) is 0 Å². The van der Waals surface area contributed by atoms with E-state index in [0.717, 1.165) is 24.8 Å². The third kappa shape index (κ3) is 4.76. The molecule has 0 aliphatic rings. The maximum absolute atomic E-state index is 5.91. The molecular weight excluding hydrogens is 287 g/mol. The predicted octanol–water partition coefficient (Wildman–Crippen LogP) is -0.621. The van der Waals surface area contributed by atoms with Crippen LogP contribution in [0.25, 0.3) is 0 Å². The Morgan fingerprint density at radius 1 is 1.05 bits per heavy atom. The van der Waals surface area contributed by atoms with Crippen LogP contribution in [0.4, 0.5) is 11.8 Å². The summed E-state index contributed by atoms with van der Waals surface area (Å²) in [5.41, 5.74) is 16.1. The molecule has 5 heteroatoms. The number of aromatic nitrogens is 2. The Labute approximate surface area is 169 Å². The third-order valence-electron chi connectivity index (χ3n) is 3.36. The molecule has 0 saturated heterocycles. The van der Waals surface area contributed by atoms with Crippen LogP contribution in [-0.2, 0) is 19.3 Å². The monoisotopic (exact) mass is 307 g/mol. The van der Waals surface area contributed by atoms with E-state index in [1.807, 2.05) is 0 Å². The van der Waals surface area contributed by atoms with Crippen LogP contribution in [0, 0.1) is 13.8 Å². The van der Waals surface area contributed by atoms with Gasteiger partial charge in [-0.05, 0) is 11.1 Å². The molecule has 0 bridgehead atoms. The van der Waals surface area contributed by atoms with E-state index in [2.05, 4.69) is 42.0 Å². The van der Waals surface area contributed by atoms with Crippen LogP contribution >= 0.6 is 0 Å². The van der Waals surface area contributed by atoms with Crippen molar-refractivity contribution in [3.05, 3.63) is 60.5 Å². The van der Waals surface area contributed by atoms with E-state index < -0.39 is 0 Å². The summed E-state index contributed by atoms with van der Waals surface area (Å²) in [5, 5.41) is 0. The van der Waals surface area contributed by atoms with E-state index in [4.69, 9.17) is 11.5 Å². The summed E-state index contributed by atoms with van der Waals surface area (Å²) in [5.74, 6) is 0.647. The second-order valence-electron chi connectivity index (χ2n) is 4.72. The predicted molar refractivity (Wildman–Crippen MR) is 82.8 cm³/mol. The van der Waals surface area contributed by atoms with Gasteiger partial charge < -0.3 is 25.3 Å². The van der Waals surface area contributed by atoms with Gasteiger partial charge in [-0.2, -0.15) is 17.8 Å². The Hall–Kier alpha value is -0.464.